The molecule has 1 aliphatic rings. The molecule has 3 nitrogen and oxygen atoms in total. The summed E-state index contributed by atoms with van der Waals surface area (Å²) in [6.45, 7) is 0. The first kappa shape index (κ1) is 15.1. The Balaban J connectivity index is 1.78. The molecule has 1 aromatic rings. The highest BCUT2D eigenvalue weighted by molar-refractivity contribution is 7.09. The Bertz CT molecular complexity index is 453. The van der Waals surface area contributed by atoms with Gasteiger partial charge >= 0.3 is 0 Å². The van der Waals surface area contributed by atoms with Gasteiger partial charge in [-0.2, -0.15) is 5.26 Å². The number of hydrogen-bond acceptors (Lipinski definition) is 3. The maximum Gasteiger partial charge on any atom is 0.221 e. The maximum atomic E-state index is 12.1. The number of aryl methyl sites for hydroxylation is 1. The highest BCUT2D eigenvalue weighted by Crippen LogP contribution is 2.26. The second-order valence-corrected chi connectivity index (χ2v) is 6.62. The van der Waals surface area contributed by atoms with Crippen molar-refractivity contribution in [3.63, 3.8) is 0 Å². The molecule has 1 fully saturated rings. The van der Waals surface area contributed by atoms with Crippen molar-refractivity contribution in [1.82, 2.24) is 5.32 Å². The van der Waals surface area contributed by atoms with Crippen molar-refractivity contribution in [2.24, 2.45) is 0 Å². The third-order valence-electron chi connectivity index (χ3n) is 3.96. The van der Waals surface area contributed by atoms with Crippen LogP contribution < -0.4 is 5.32 Å². The average Bonchev–Trinajstić information content (AvgIpc) is 2.85. The number of nitriles is 1. The Morgan fingerprint density at radius 1 is 1.35 bits per heavy atom. The fourth-order valence-electron chi connectivity index (χ4n) is 2.80. The van der Waals surface area contributed by atoms with Crippen molar-refractivity contribution < 1.29 is 4.79 Å². The zero-order valence-electron chi connectivity index (χ0n) is 11.9. The summed E-state index contributed by atoms with van der Waals surface area (Å²) >= 11 is 1.73. The topological polar surface area (TPSA) is 52.9 Å². The molecule has 0 unspecified atom stereocenters. The number of amides is 1. The number of nitrogens with one attached hydrogen (secondary N) is 1. The SMILES string of the molecule is N#CC1(NC(=O)CCCc2cccs2)CCCCCC1. The molecule has 20 heavy (non-hydrogen) atoms. The van der Waals surface area contributed by atoms with Crippen LogP contribution in [0.4, 0.5) is 0 Å². The smallest absolute Gasteiger partial charge is 0.221 e. The van der Waals surface area contributed by atoms with E-state index < -0.39 is 5.54 Å². The molecular formula is C16H22N2OS. The van der Waals surface area contributed by atoms with Gasteiger partial charge in [-0.1, -0.05) is 31.7 Å². The maximum absolute atomic E-state index is 12.1. The van der Waals surface area contributed by atoms with E-state index >= 15 is 0 Å². The Morgan fingerprint density at radius 3 is 2.70 bits per heavy atom. The molecule has 1 amide bonds. The van der Waals surface area contributed by atoms with Gasteiger partial charge in [0.05, 0.1) is 6.07 Å². The average molecular weight is 290 g/mol. The zero-order chi connectivity index (χ0) is 14.3. The van der Waals surface area contributed by atoms with Crippen LogP contribution in [0.1, 0.15) is 56.2 Å². The molecule has 1 saturated carbocycles. The predicted molar refractivity (Wildman–Crippen MR) is 81.4 cm³/mol. The lowest BCUT2D eigenvalue weighted by molar-refractivity contribution is -0.122. The molecule has 1 heterocycles. The Morgan fingerprint density at radius 2 is 2.10 bits per heavy atom. The van der Waals surface area contributed by atoms with Crippen molar-refractivity contribution in [1.29, 1.82) is 5.26 Å². The van der Waals surface area contributed by atoms with Gasteiger partial charge < -0.3 is 5.32 Å². The first-order chi connectivity index (χ1) is 9.74. The van der Waals surface area contributed by atoms with Gasteiger partial charge in [-0.15, -0.1) is 11.3 Å². The molecule has 0 spiro atoms. The fraction of sp³-hybridized carbons (Fsp3) is 0.625. The number of carbonyl (C=O) groups excluding carboxylic acids is 1. The summed E-state index contributed by atoms with van der Waals surface area (Å²) in [7, 11) is 0. The van der Waals surface area contributed by atoms with Crippen LogP contribution in [-0.4, -0.2) is 11.4 Å². The van der Waals surface area contributed by atoms with Crippen molar-refractivity contribution >= 4 is 17.2 Å². The first-order valence-corrected chi connectivity index (χ1v) is 8.37. The van der Waals surface area contributed by atoms with Crippen molar-refractivity contribution in [3.05, 3.63) is 22.4 Å². The Kier molecular flexibility index (Phi) is 5.60. The monoisotopic (exact) mass is 290 g/mol. The predicted octanol–water partition coefficient (Wildman–Crippen LogP) is 3.80. The largest absolute Gasteiger partial charge is 0.338 e. The zero-order valence-corrected chi connectivity index (χ0v) is 12.7. The van der Waals surface area contributed by atoms with E-state index in [4.69, 9.17) is 0 Å². The van der Waals surface area contributed by atoms with E-state index in [9.17, 15) is 10.1 Å². The molecule has 1 aliphatic carbocycles. The van der Waals surface area contributed by atoms with E-state index in [1.165, 1.54) is 17.7 Å². The number of thiophene rings is 1. The third kappa shape index (κ3) is 4.35. The second kappa shape index (κ2) is 7.44. The van der Waals surface area contributed by atoms with Crippen LogP contribution in [0, 0.1) is 11.3 Å². The molecule has 0 radical (unpaired) electrons. The van der Waals surface area contributed by atoms with Crippen LogP contribution in [0.15, 0.2) is 17.5 Å². The lowest BCUT2D eigenvalue weighted by atomic mass is 9.91. The van der Waals surface area contributed by atoms with Crippen LogP contribution >= 0.6 is 11.3 Å². The van der Waals surface area contributed by atoms with Gasteiger partial charge in [-0.05, 0) is 37.1 Å². The van der Waals surface area contributed by atoms with E-state index in [1.807, 2.05) is 6.07 Å². The highest BCUT2D eigenvalue weighted by Gasteiger charge is 2.32. The summed E-state index contributed by atoms with van der Waals surface area (Å²) < 4.78 is 0. The molecule has 0 atom stereocenters. The molecule has 0 saturated heterocycles. The molecule has 2 rings (SSSR count). The van der Waals surface area contributed by atoms with Crippen molar-refractivity contribution in [2.45, 2.75) is 63.3 Å². The standard InChI is InChI=1S/C16H22N2OS/c17-13-16(10-3-1-2-4-11-16)18-15(19)9-5-7-14-8-6-12-20-14/h6,8,12H,1-5,7,9-11H2,(H,18,19). The van der Waals surface area contributed by atoms with Crippen molar-refractivity contribution in [3.8, 4) is 6.07 Å². The van der Waals surface area contributed by atoms with Crippen LogP contribution in [0.25, 0.3) is 0 Å². The Hall–Kier alpha value is -1.34. The van der Waals surface area contributed by atoms with Crippen LogP contribution in [0.3, 0.4) is 0 Å². The number of nitrogens with zero attached hydrogens (tertiary/aromatic N) is 1. The van der Waals surface area contributed by atoms with Crippen LogP contribution in [0.2, 0.25) is 0 Å². The minimum atomic E-state index is -0.601. The molecule has 1 aromatic heterocycles. The van der Waals surface area contributed by atoms with E-state index in [0.717, 1.165) is 38.5 Å². The lowest BCUT2D eigenvalue weighted by Gasteiger charge is -2.26. The summed E-state index contributed by atoms with van der Waals surface area (Å²) in [5.74, 6) is 0.0324. The van der Waals surface area contributed by atoms with Crippen LogP contribution in [-0.2, 0) is 11.2 Å². The van der Waals surface area contributed by atoms with Gasteiger partial charge in [0.2, 0.25) is 5.91 Å². The number of hydrogen-bond donors (Lipinski definition) is 1. The van der Waals surface area contributed by atoms with Crippen molar-refractivity contribution in [2.75, 3.05) is 0 Å². The third-order valence-corrected chi connectivity index (χ3v) is 4.89. The van der Waals surface area contributed by atoms with E-state index in [0.29, 0.717) is 6.42 Å². The summed E-state index contributed by atoms with van der Waals surface area (Å²) in [6.07, 6.45) is 8.38. The van der Waals surface area contributed by atoms with E-state index in [-0.39, 0.29) is 5.91 Å². The summed E-state index contributed by atoms with van der Waals surface area (Å²) in [5.41, 5.74) is -0.601. The van der Waals surface area contributed by atoms with Crippen LogP contribution in [0.5, 0.6) is 0 Å². The summed E-state index contributed by atoms with van der Waals surface area (Å²) in [4.78, 5) is 13.4. The van der Waals surface area contributed by atoms with E-state index in [2.05, 4.69) is 22.8 Å². The van der Waals surface area contributed by atoms with Gasteiger partial charge in [0, 0.05) is 11.3 Å². The molecule has 0 bridgehead atoms. The molecule has 4 heteroatoms. The molecule has 108 valence electrons. The molecular weight excluding hydrogens is 268 g/mol. The minimum absolute atomic E-state index is 0.0324. The molecule has 1 N–H and O–H groups in total. The van der Waals surface area contributed by atoms with Gasteiger partial charge in [0.25, 0.3) is 0 Å². The quantitative estimate of drug-likeness (QED) is 0.838. The Labute approximate surface area is 125 Å². The summed E-state index contributed by atoms with van der Waals surface area (Å²) in [6, 6.07) is 6.50. The normalized spacial score (nSPS) is 17.9. The second-order valence-electron chi connectivity index (χ2n) is 5.59. The van der Waals surface area contributed by atoms with Gasteiger partial charge in [0.1, 0.15) is 5.54 Å². The van der Waals surface area contributed by atoms with Gasteiger partial charge in [-0.3, -0.25) is 4.79 Å². The van der Waals surface area contributed by atoms with E-state index in [1.54, 1.807) is 11.3 Å². The number of rotatable bonds is 5. The molecule has 0 aliphatic heterocycles. The first-order valence-electron chi connectivity index (χ1n) is 7.49. The number of carbonyl (C=O) groups is 1. The minimum Gasteiger partial charge on any atom is -0.338 e. The fourth-order valence-corrected chi connectivity index (χ4v) is 3.56. The summed E-state index contributed by atoms with van der Waals surface area (Å²) in [5, 5.41) is 14.5. The molecule has 0 aromatic carbocycles. The highest BCUT2D eigenvalue weighted by atomic mass is 32.1. The van der Waals surface area contributed by atoms with Gasteiger partial charge in [-0.25, -0.2) is 0 Å². The van der Waals surface area contributed by atoms with Gasteiger partial charge in [0.15, 0.2) is 0 Å². The lowest BCUT2D eigenvalue weighted by Crippen LogP contribution is -2.47.